The third-order valence-electron chi connectivity index (χ3n) is 3.19. The van der Waals surface area contributed by atoms with Crippen LogP contribution in [0.1, 0.15) is 5.56 Å². The average molecular weight is 361 g/mol. The van der Waals surface area contributed by atoms with Gasteiger partial charge >= 0.3 is 0 Å². The molecule has 0 unspecified atom stereocenters. The van der Waals surface area contributed by atoms with E-state index in [-0.39, 0.29) is 5.91 Å². The fraction of sp³-hybridized carbons (Fsp3) is 0.125. The second-order valence-electron chi connectivity index (χ2n) is 4.70. The standard InChI is InChI=1S/C16H13BrN2OS/c1-19-15-12(17)8-5-9-13(15)21-16(19)18-14(20)10-11-6-3-2-4-7-11/h2-9H,10H2,1H3. The Morgan fingerprint density at radius 3 is 2.67 bits per heavy atom. The molecule has 0 spiro atoms. The number of hydrogen-bond donors (Lipinski definition) is 0. The molecular weight excluding hydrogens is 348 g/mol. The Kier molecular flexibility index (Phi) is 4.03. The van der Waals surface area contributed by atoms with Crippen LogP contribution in [0.25, 0.3) is 10.2 Å². The highest BCUT2D eigenvalue weighted by Gasteiger charge is 2.08. The predicted octanol–water partition coefficient (Wildman–Crippen LogP) is 3.67. The maximum Gasteiger partial charge on any atom is 0.252 e. The molecule has 0 saturated heterocycles. The van der Waals surface area contributed by atoms with Gasteiger partial charge in [0.05, 0.1) is 16.6 Å². The molecule has 3 rings (SSSR count). The molecular formula is C16H13BrN2OS. The van der Waals surface area contributed by atoms with E-state index in [1.165, 1.54) is 11.3 Å². The van der Waals surface area contributed by atoms with Crippen molar-refractivity contribution in [3.05, 3.63) is 63.4 Å². The van der Waals surface area contributed by atoms with Crippen molar-refractivity contribution in [3.63, 3.8) is 0 Å². The molecule has 5 heteroatoms. The highest BCUT2D eigenvalue weighted by Crippen LogP contribution is 2.24. The summed E-state index contributed by atoms with van der Waals surface area (Å²) < 4.78 is 4.07. The van der Waals surface area contributed by atoms with E-state index in [2.05, 4.69) is 20.9 Å². The monoisotopic (exact) mass is 360 g/mol. The van der Waals surface area contributed by atoms with Gasteiger partial charge in [-0.2, -0.15) is 4.99 Å². The molecule has 1 amide bonds. The molecule has 3 nitrogen and oxygen atoms in total. The first-order valence-electron chi connectivity index (χ1n) is 6.50. The number of rotatable bonds is 2. The van der Waals surface area contributed by atoms with Crippen molar-refractivity contribution in [1.82, 2.24) is 4.57 Å². The zero-order valence-corrected chi connectivity index (χ0v) is 13.8. The Hall–Kier alpha value is -1.72. The minimum atomic E-state index is -0.125. The summed E-state index contributed by atoms with van der Waals surface area (Å²) in [5, 5.41) is 0. The third-order valence-corrected chi connectivity index (χ3v) is 4.93. The smallest absolute Gasteiger partial charge is 0.252 e. The number of benzene rings is 2. The molecule has 3 aromatic rings. The summed E-state index contributed by atoms with van der Waals surface area (Å²) in [6, 6.07) is 15.7. The number of hydrogen-bond acceptors (Lipinski definition) is 2. The molecule has 1 aromatic heterocycles. The van der Waals surface area contributed by atoms with Crippen LogP contribution in [-0.2, 0) is 18.3 Å². The zero-order chi connectivity index (χ0) is 14.8. The summed E-state index contributed by atoms with van der Waals surface area (Å²) in [5.74, 6) is -0.125. The van der Waals surface area contributed by atoms with Crippen molar-refractivity contribution in [2.75, 3.05) is 0 Å². The predicted molar refractivity (Wildman–Crippen MR) is 89.2 cm³/mol. The highest BCUT2D eigenvalue weighted by molar-refractivity contribution is 9.10. The first-order chi connectivity index (χ1) is 10.1. The lowest BCUT2D eigenvalue weighted by Gasteiger charge is -1.98. The fourth-order valence-corrected chi connectivity index (χ4v) is 4.01. The van der Waals surface area contributed by atoms with E-state index >= 15 is 0 Å². The molecule has 0 aliphatic rings. The van der Waals surface area contributed by atoms with Crippen LogP contribution in [0.3, 0.4) is 0 Å². The highest BCUT2D eigenvalue weighted by atomic mass is 79.9. The lowest BCUT2D eigenvalue weighted by atomic mass is 10.1. The Labute approximate surface area is 134 Å². The number of carbonyl (C=O) groups is 1. The topological polar surface area (TPSA) is 34.4 Å². The van der Waals surface area contributed by atoms with Crippen molar-refractivity contribution in [2.24, 2.45) is 12.0 Å². The summed E-state index contributed by atoms with van der Waals surface area (Å²) in [4.78, 5) is 17.1. The molecule has 0 radical (unpaired) electrons. The van der Waals surface area contributed by atoms with Crippen LogP contribution in [0.2, 0.25) is 0 Å². The summed E-state index contributed by atoms with van der Waals surface area (Å²) in [7, 11) is 1.93. The van der Waals surface area contributed by atoms with Gasteiger partial charge in [0.2, 0.25) is 0 Å². The van der Waals surface area contributed by atoms with E-state index < -0.39 is 0 Å². The molecule has 21 heavy (non-hydrogen) atoms. The van der Waals surface area contributed by atoms with Crippen molar-refractivity contribution in [2.45, 2.75) is 6.42 Å². The number of aromatic nitrogens is 1. The van der Waals surface area contributed by atoms with E-state index in [4.69, 9.17) is 0 Å². The van der Waals surface area contributed by atoms with Crippen LogP contribution in [0.4, 0.5) is 0 Å². The van der Waals surface area contributed by atoms with Crippen LogP contribution < -0.4 is 4.80 Å². The molecule has 0 aliphatic heterocycles. The van der Waals surface area contributed by atoms with Gasteiger partial charge in [-0.3, -0.25) is 4.79 Å². The Bertz CT molecular complexity index is 865. The molecule has 0 aliphatic carbocycles. The summed E-state index contributed by atoms with van der Waals surface area (Å²) in [6.07, 6.45) is 0.330. The van der Waals surface area contributed by atoms with Gasteiger partial charge in [-0.15, -0.1) is 0 Å². The second kappa shape index (κ2) is 5.95. The number of halogens is 1. The number of carbonyl (C=O) groups excluding carboxylic acids is 1. The van der Waals surface area contributed by atoms with Crippen molar-refractivity contribution < 1.29 is 4.79 Å². The van der Waals surface area contributed by atoms with Crippen LogP contribution in [0, 0.1) is 0 Å². The quantitative estimate of drug-likeness (QED) is 0.686. The molecule has 106 valence electrons. The molecule has 0 bridgehead atoms. The lowest BCUT2D eigenvalue weighted by molar-refractivity contribution is -0.117. The van der Waals surface area contributed by atoms with Gasteiger partial charge in [0.25, 0.3) is 5.91 Å². The number of amides is 1. The van der Waals surface area contributed by atoms with Gasteiger partial charge in [-0.05, 0) is 33.6 Å². The van der Waals surface area contributed by atoms with Gasteiger partial charge in [-0.1, -0.05) is 47.7 Å². The summed E-state index contributed by atoms with van der Waals surface area (Å²) in [5.41, 5.74) is 2.05. The molecule has 2 aromatic carbocycles. The first kappa shape index (κ1) is 14.2. The molecule has 1 heterocycles. The maximum absolute atomic E-state index is 12.1. The number of nitrogens with zero attached hydrogens (tertiary/aromatic N) is 2. The Morgan fingerprint density at radius 1 is 1.19 bits per heavy atom. The van der Waals surface area contributed by atoms with Gasteiger partial charge in [-0.25, -0.2) is 0 Å². The Morgan fingerprint density at radius 2 is 1.95 bits per heavy atom. The first-order valence-corrected chi connectivity index (χ1v) is 8.11. The van der Waals surface area contributed by atoms with Gasteiger partial charge in [0, 0.05) is 11.5 Å². The second-order valence-corrected chi connectivity index (χ2v) is 6.56. The van der Waals surface area contributed by atoms with E-state index in [9.17, 15) is 4.79 Å². The van der Waals surface area contributed by atoms with E-state index in [1.54, 1.807) is 0 Å². The Balaban J connectivity index is 1.98. The van der Waals surface area contributed by atoms with Crippen LogP contribution in [0.15, 0.2) is 58.0 Å². The van der Waals surface area contributed by atoms with Crippen molar-refractivity contribution in [1.29, 1.82) is 0 Å². The molecule has 0 saturated carbocycles. The minimum absolute atomic E-state index is 0.125. The summed E-state index contributed by atoms with van der Waals surface area (Å²) in [6.45, 7) is 0. The van der Waals surface area contributed by atoms with Crippen molar-refractivity contribution >= 4 is 43.4 Å². The van der Waals surface area contributed by atoms with Crippen molar-refractivity contribution in [3.8, 4) is 0 Å². The number of para-hydroxylation sites is 1. The molecule has 0 N–H and O–H groups in total. The van der Waals surface area contributed by atoms with Gasteiger partial charge in [0.1, 0.15) is 0 Å². The fourth-order valence-electron chi connectivity index (χ4n) is 2.18. The normalized spacial score (nSPS) is 12.0. The number of fused-ring (bicyclic) bond motifs is 1. The summed E-state index contributed by atoms with van der Waals surface area (Å²) >= 11 is 5.06. The van der Waals surface area contributed by atoms with E-state index in [0.29, 0.717) is 6.42 Å². The van der Waals surface area contributed by atoms with Gasteiger partial charge in [0.15, 0.2) is 4.80 Å². The van der Waals surface area contributed by atoms with E-state index in [1.807, 2.05) is 60.1 Å². The number of thiazole rings is 1. The van der Waals surface area contributed by atoms with Crippen LogP contribution in [0.5, 0.6) is 0 Å². The largest absolute Gasteiger partial charge is 0.318 e. The SMILES string of the molecule is Cn1c(=NC(=O)Cc2ccccc2)sc2cccc(Br)c21. The maximum atomic E-state index is 12.1. The molecule has 0 fully saturated rings. The average Bonchev–Trinajstić information content (AvgIpc) is 2.77. The molecule has 0 atom stereocenters. The van der Waals surface area contributed by atoms with Gasteiger partial charge < -0.3 is 4.57 Å². The lowest BCUT2D eigenvalue weighted by Crippen LogP contribution is -2.14. The minimum Gasteiger partial charge on any atom is -0.318 e. The zero-order valence-electron chi connectivity index (χ0n) is 11.4. The van der Waals surface area contributed by atoms with Crippen LogP contribution >= 0.6 is 27.3 Å². The number of aryl methyl sites for hydroxylation is 1. The third kappa shape index (κ3) is 2.99. The van der Waals surface area contributed by atoms with Crippen LogP contribution in [-0.4, -0.2) is 10.5 Å². The van der Waals surface area contributed by atoms with E-state index in [0.717, 1.165) is 25.1 Å².